The average Bonchev–Trinajstić information content (AvgIpc) is 2.73. The van der Waals surface area contributed by atoms with Crippen LogP contribution in [0.25, 0.3) is 21.8 Å². The van der Waals surface area contributed by atoms with E-state index in [1.807, 2.05) is 41.0 Å². The first-order chi connectivity index (χ1) is 14.0. The van der Waals surface area contributed by atoms with E-state index < -0.39 is 0 Å². The Hall–Kier alpha value is -3.15. The molecule has 0 aliphatic carbocycles. The van der Waals surface area contributed by atoms with Gasteiger partial charge in [0, 0.05) is 21.4 Å². The Morgan fingerprint density at radius 3 is 2.21 bits per heavy atom. The normalized spacial score (nSPS) is 11.4. The first-order valence-corrected chi connectivity index (χ1v) is 9.57. The number of nitrogens with zero attached hydrogens (tertiary/aromatic N) is 2. The van der Waals surface area contributed by atoms with Crippen LogP contribution in [0.15, 0.2) is 76.6 Å². The molecular formula is C22H15Cl2N3O2. The number of nitrogens with one attached hydrogen (secondary N) is 1. The van der Waals surface area contributed by atoms with Crippen molar-refractivity contribution < 1.29 is 4.79 Å². The number of rotatable bonds is 4. The molecule has 0 fully saturated rings. The molecule has 0 aliphatic heterocycles. The predicted octanol–water partition coefficient (Wildman–Crippen LogP) is 4.61. The SMILES string of the molecule is O=C(Cn1c2ccccc2c(=O)c2ccccc21)NN=Cc1ccc(Cl)cc1Cl. The van der Waals surface area contributed by atoms with Gasteiger partial charge in [0.1, 0.15) is 6.54 Å². The summed E-state index contributed by atoms with van der Waals surface area (Å²) >= 11 is 12.0. The van der Waals surface area contributed by atoms with Gasteiger partial charge >= 0.3 is 0 Å². The second-order valence-electron chi connectivity index (χ2n) is 6.41. The maximum Gasteiger partial charge on any atom is 0.260 e. The number of carbonyl (C=O) groups is 1. The molecule has 1 heterocycles. The standard InChI is InChI=1S/C22H15Cl2N3O2/c23-15-10-9-14(18(24)11-15)12-25-26-21(28)13-27-19-7-3-1-5-16(19)22(29)17-6-2-4-8-20(17)27/h1-12H,13H2,(H,26,28). The van der Waals surface area contributed by atoms with Crippen molar-refractivity contribution in [2.75, 3.05) is 0 Å². The first kappa shape index (κ1) is 19.2. The fourth-order valence-corrected chi connectivity index (χ4v) is 3.66. The van der Waals surface area contributed by atoms with Crippen molar-refractivity contribution in [1.82, 2.24) is 9.99 Å². The molecule has 0 aliphatic rings. The summed E-state index contributed by atoms with van der Waals surface area (Å²) in [5.74, 6) is -0.328. The van der Waals surface area contributed by atoms with Gasteiger partial charge in [0.2, 0.25) is 0 Å². The van der Waals surface area contributed by atoms with E-state index in [0.29, 0.717) is 37.4 Å². The molecule has 0 radical (unpaired) electrons. The Kier molecular flexibility index (Phi) is 5.34. The molecule has 29 heavy (non-hydrogen) atoms. The Morgan fingerprint density at radius 1 is 0.966 bits per heavy atom. The molecule has 1 N–H and O–H groups in total. The molecule has 4 rings (SSSR count). The Balaban J connectivity index is 1.65. The fourth-order valence-electron chi connectivity index (χ4n) is 3.21. The smallest absolute Gasteiger partial charge is 0.260 e. The van der Waals surface area contributed by atoms with E-state index in [1.165, 1.54) is 6.21 Å². The average molecular weight is 424 g/mol. The zero-order valence-electron chi connectivity index (χ0n) is 15.1. The molecule has 0 saturated heterocycles. The molecule has 5 nitrogen and oxygen atoms in total. The van der Waals surface area contributed by atoms with E-state index in [0.717, 1.165) is 0 Å². The molecule has 0 saturated carbocycles. The third-order valence-corrected chi connectivity index (χ3v) is 5.10. The van der Waals surface area contributed by atoms with Crippen LogP contribution in [0.1, 0.15) is 5.56 Å². The van der Waals surface area contributed by atoms with E-state index in [9.17, 15) is 9.59 Å². The van der Waals surface area contributed by atoms with Crippen LogP contribution in [-0.2, 0) is 11.3 Å². The number of amides is 1. The Morgan fingerprint density at radius 2 is 1.59 bits per heavy atom. The van der Waals surface area contributed by atoms with Crippen molar-refractivity contribution in [3.63, 3.8) is 0 Å². The second kappa shape index (κ2) is 8.07. The summed E-state index contributed by atoms with van der Waals surface area (Å²) in [7, 11) is 0. The molecule has 0 spiro atoms. The zero-order valence-corrected chi connectivity index (χ0v) is 16.6. The monoisotopic (exact) mass is 423 g/mol. The molecule has 1 aromatic heterocycles. The first-order valence-electron chi connectivity index (χ1n) is 8.82. The third kappa shape index (κ3) is 3.88. The molecule has 7 heteroatoms. The highest BCUT2D eigenvalue weighted by Gasteiger charge is 2.12. The molecule has 0 unspecified atom stereocenters. The number of hydrazone groups is 1. The van der Waals surface area contributed by atoms with Gasteiger partial charge in [-0.1, -0.05) is 53.5 Å². The van der Waals surface area contributed by atoms with Gasteiger partial charge in [-0.3, -0.25) is 9.59 Å². The van der Waals surface area contributed by atoms with Crippen LogP contribution in [0.5, 0.6) is 0 Å². The van der Waals surface area contributed by atoms with Gasteiger partial charge in [0.15, 0.2) is 5.43 Å². The topological polar surface area (TPSA) is 63.5 Å². The maximum absolute atomic E-state index is 12.8. The summed E-state index contributed by atoms with van der Waals surface area (Å²) in [6.45, 7) is 0.00694. The van der Waals surface area contributed by atoms with E-state index in [-0.39, 0.29) is 17.9 Å². The van der Waals surface area contributed by atoms with Crippen molar-refractivity contribution in [3.05, 3.63) is 92.6 Å². The van der Waals surface area contributed by atoms with Crippen LogP contribution >= 0.6 is 23.2 Å². The van der Waals surface area contributed by atoms with Crippen LogP contribution in [-0.4, -0.2) is 16.7 Å². The number of carbonyl (C=O) groups excluding carboxylic acids is 1. The lowest BCUT2D eigenvalue weighted by molar-refractivity contribution is -0.121. The van der Waals surface area contributed by atoms with Gasteiger partial charge in [-0.2, -0.15) is 5.10 Å². The third-order valence-electron chi connectivity index (χ3n) is 4.54. The summed E-state index contributed by atoms with van der Waals surface area (Å²) in [5.41, 5.74) is 4.47. The highest BCUT2D eigenvalue weighted by Crippen LogP contribution is 2.20. The van der Waals surface area contributed by atoms with Crippen molar-refractivity contribution in [2.45, 2.75) is 6.54 Å². The van der Waals surface area contributed by atoms with E-state index in [2.05, 4.69) is 10.5 Å². The lowest BCUT2D eigenvalue weighted by atomic mass is 10.1. The summed E-state index contributed by atoms with van der Waals surface area (Å²) in [6, 6.07) is 19.5. The van der Waals surface area contributed by atoms with Gasteiger partial charge in [-0.25, -0.2) is 5.43 Å². The molecule has 0 atom stereocenters. The van der Waals surface area contributed by atoms with E-state index in [4.69, 9.17) is 23.2 Å². The van der Waals surface area contributed by atoms with Gasteiger partial charge in [0.05, 0.1) is 22.3 Å². The number of fused-ring (bicyclic) bond motifs is 2. The minimum absolute atomic E-state index is 0.00694. The summed E-state index contributed by atoms with van der Waals surface area (Å²) in [4.78, 5) is 25.3. The number of hydrogen-bond donors (Lipinski definition) is 1. The van der Waals surface area contributed by atoms with Crippen LogP contribution in [0.4, 0.5) is 0 Å². The molecule has 3 aromatic carbocycles. The lowest BCUT2D eigenvalue weighted by Crippen LogP contribution is -2.25. The highest BCUT2D eigenvalue weighted by atomic mass is 35.5. The summed E-state index contributed by atoms with van der Waals surface area (Å²) < 4.78 is 1.81. The molecule has 4 aromatic rings. The summed E-state index contributed by atoms with van der Waals surface area (Å²) in [6.07, 6.45) is 1.46. The maximum atomic E-state index is 12.8. The van der Waals surface area contributed by atoms with Crippen molar-refractivity contribution in [1.29, 1.82) is 0 Å². The number of hydrogen-bond acceptors (Lipinski definition) is 3. The van der Waals surface area contributed by atoms with Gasteiger partial charge in [0.25, 0.3) is 5.91 Å². The van der Waals surface area contributed by atoms with Gasteiger partial charge in [-0.05, 0) is 36.4 Å². The lowest BCUT2D eigenvalue weighted by Gasteiger charge is -2.14. The molecular weight excluding hydrogens is 409 g/mol. The van der Waals surface area contributed by atoms with Crippen LogP contribution in [0.2, 0.25) is 10.0 Å². The van der Waals surface area contributed by atoms with Crippen molar-refractivity contribution >= 4 is 57.1 Å². The largest absolute Gasteiger partial charge is 0.331 e. The number of pyridine rings is 1. The second-order valence-corrected chi connectivity index (χ2v) is 7.25. The number of benzene rings is 3. The molecule has 0 bridgehead atoms. The van der Waals surface area contributed by atoms with Gasteiger partial charge < -0.3 is 4.57 Å². The Bertz CT molecular complexity index is 1270. The fraction of sp³-hybridized carbons (Fsp3) is 0.0455. The number of para-hydroxylation sites is 2. The minimum atomic E-state index is -0.328. The van der Waals surface area contributed by atoms with Crippen LogP contribution in [0.3, 0.4) is 0 Å². The van der Waals surface area contributed by atoms with E-state index in [1.54, 1.807) is 30.3 Å². The Labute approximate surface area is 176 Å². The quantitative estimate of drug-likeness (QED) is 0.295. The van der Waals surface area contributed by atoms with Crippen LogP contribution in [0, 0.1) is 0 Å². The van der Waals surface area contributed by atoms with Crippen molar-refractivity contribution in [3.8, 4) is 0 Å². The van der Waals surface area contributed by atoms with Crippen LogP contribution < -0.4 is 10.9 Å². The zero-order chi connectivity index (χ0) is 20.4. The summed E-state index contributed by atoms with van der Waals surface area (Å²) in [5, 5.41) is 6.07. The number of halogens is 2. The molecule has 1 amide bonds. The van der Waals surface area contributed by atoms with Crippen molar-refractivity contribution in [2.24, 2.45) is 5.10 Å². The van der Waals surface area contributed by atoms with E-state index >= 15 is 0 Å². The highest BCUT2D eigenvalue weighted by molar-refractivity contribution is 6.36. The predicted molar refractivity (Wildman–Crippen MR) is 118 cm³/mol. The molecule has 144 valence electrons. The van der Waals surface area contributed by atoms with Gasteiger partial charge in [-0.15, -0.1) is 0 Å². The number of aromatic nitrogens is 1. The minimum Gasteiger partial charge on any atom is -0.331 e.